The van der Waals surface area contributed by atoms with E-state index in [1.54, 1.807) is 12.4 Å². The average Bonchev–Trinajstić information content (AvgIpc) is 2.38. The number of anilines is 1. The van der Waals surface area contributed by atoms with Gasteiger partial charge in [-0.25, -0.2) is 0 Å². The Labute approximate surface area is 120 Å². The smallest absolute Gasteiger partial charge is 0.112 e. The Kier molecular flexibility index (Phi) is 2.98. The highest BCUT2D eigenvalue weighted by Gasteiger charge is 2.47. The molecule has 19 heavy (non-hydrogen) atoms. The van der Waals surface area contributed by atoms with Crippen LogP contribution in [0.2, 0.25) is 0 Å². The molecule has 3 rings (SSSR count). The molecule has 2 unspecified atom stereocenters. The summed E-state index contributed by atoms with van der Waals surface area (Å²) in [6.45, 7) is 4.15. The van der Waals surface area contributed by atoms with E-state index < -0.39 is 0 Å². The Morgan fingerprint density at radius 1 is 1.42 bits per heavy atom. The van der Waals surface area contributed by atoms with Gasteiger partial charge in [0.05, 0.1) is 17.3 Å². The van der Waals surface area contributed by atoms with Crippen LogP contribution in [0.3, 0.4) is 0 Å². The number of hydrogen-bond donors (Lipinski definition) is 2. The van der Waals surface area contributed by atoms with Crippen molar-refractivity contribution in [2.75, 3.05) is 5.32 Å². The lowest BCUT2D eigenvalue weighted by Crippen LogP contribution is -2.56. The van der Waals surface area contributed by atoms with Gasteiger partial charge in [0, 0.05) is 28.3 Å². The number of nitrogens with zero attached hydrogens (tertiary/aromatic N) is 2. The molecule has 0 radical (unpaired) electrons. The summed E-state index contributed by atoms with van der Waals surface area (Å²) in [6, 6.07) is 4.15. The molecule has 1 aliphatic carbocycles. The van der Waals surface area contributed by atoms with Crippen molar-refractivity contribution in [3.8, 4) is 0 Å². The first kappa shape index (κ1) is 12.8. The van der Waals surface area contributed by atoms with E-state index in [9.17, 15) is 5.11 Å². The second-order valence-electron chi connectivity index (χ2n) is 5.65. The Hall–Kier alpha value is -1.20. The molecule has 1 saturated carbocycles. The van der Waals surface area contributed by atoms with Gasteiger partial charge in [0.2, 0.25) is 0 Å². The van der Waals surface area contributed by atoms with Crippen molar-refractivity contribution in [3.63, 3.8) is 0 Å². The zero-order valence-corrected chi connectivity index (χ0v) is 12.5. The number of fused-ring (bicyclic) bond motifs is 1. The number of pyridine rings is 2. The van der Waals surface area contributed by atoms with Gasteiger partial charge in [-0.2, -0.15) is 0 Å². The van der Waals surface area contributed by atoms with Crippen LogP contribution in [0.4, 0.5) is 5.69 Å². The summed E-state index contributed by atoms with van der Waals surface area (Å²) in [6.07, 6.45) is 4.09. The molecule has 2 aromatic rings. The maximum Gasteiger partial charge on any atom is 0.112 e. The van der Waals surface area contributed by atoms with E-state index in [0.29, 0.717) is 0 Å². The topological polar surface area (TPSA) is 58.0 Å². The fraction of sp³-hybridized carbons (Fsp3) is 0.429. The molecule has 0 saturated heterocycles. The zero-order chi connectivity index (χ0) is 13.6. The van der Waals surface area contributed by atoms with Crippen LogP contribution >= 0.6 is 15.9 Å². The predicted octanol–water partition coefficient (Wildman–Crippen LogP) is 2.96. The van der Waals surface area contributed by atoms with Crippen molar-refractivity contribution in [2.45, 2.75) is 32.4 Å². The van der Waals surface area contributed by atoms with Crippen LogP contribution in [-0.4, -0.2) is 27.2 Å². The third-order valence-electron chi connectivity index (χ3n) is 4.09. The monoisotopic (exact) mass is 321 g/mol. The molecule has 0 amide bonds. The van der Waals surface area contributed by atoms with Crippen LogP contribution in [-0.2, 0) is 0 Å². The third-order valence-corrected chi connectivity index (χ3v) is 4.52. The number of aliphatic hydroxyl groups is 1. The van der Waals surface area contributed by atoms with Crippen molar-refractivity contribution in [1.82, 2.24) is 9.97 Å². The van der Waals surface area contributed by atoms with Gasteiger partial charge in [0.1, 0.15) is 5.52 Å². The summed E-state index contributed by atoms with van der Waals surface area (Å²) in [5, 5.41) is 13.3. The maximum atomic E-state index is 9.80. The van der Waals surface area contributed by atoms with E-state index in [1.807, 2.05) is 12.1 Å². The van der Waals surface area contributed by atoms with Crippen LogP contribution in [0.1, 0.15) is 20.3 Å². The largest absolute Gasteiger partial charge is 0.392 e. The highest BCUT2D eigenvalue weighted by atomic mass is 79.9. The molecule has 2 N–H and O–H groups in total. The molecule has 100 valence electrons. The van der Waals surface area contributed by atoms with Gasteiger partial charge in [-0.15, -0.1) is 0 Å². The van der Waals surface area contributed by atoms with Crippen molar-refractivity contribution < 1.29 is 5.11 Å². The van der Waals surface area contributed by atoms with Crippen LogP contribution in [0.25, 0.3) is 11.0 Å². The van der Waals surface area contributed by atoms with Gasteiger partial charge < -0.3 is 10.4 Å². The summed E-state index contributed by atoms with van der Waals surface area (Å²) in [7, 11) is 0. The summed E-state index contributed by atoms with van der Waals surface area (Å²) in [4.78, 5) is 8.75. The number of aliphatic hydroxyl groups excluding tert-OH is 1. The minimum Gasteiger partial charge on any atom is -0.392 e. The fourth-order valence-electron chi connectivity index (χ4n) is 2.46. The lowest BCUT2D eigenvalue weighted by atomic mass is 9.64. The number of hydrogen-bond acceptors (Lipinski definition) is 4. The molecule has 2 atom stereocenters. The minimum atomic E-state index is -0.236. The van der Waals surface area contributed by atoms with Gasteiger partial charge in [-0.1, -0.05) is 13.8 Å². The SMILES string of the molecule is CC1(C)C(O)CC1Nc1ccnc2cc(Br)cnc12. The second-order valence-corrected chi connectivity index (χ2v) is 6.57. The highest BCUT2D eigenvalue weighted by Crippen LogP contribution is 2.42. The minimum absolute atomic E-state index is 0.106. The fourth-order valence-corrected chi connectivity index (χ4v) is 2.78. The highest BCUT2D eigenvalue weighted by molar-refractivity contribution is 9.10. The Morgan fingerprint density at radius 2 is 2.21 bits per heavy atom. The van der Waals surface area contributed by atoms with E-state index in [2.05, 4.69) is 45.1 Å². The normalized spacial score (nSPS) is 25.1. The standard InChI is InChI=1S/C14H16BrN3O/c1-14(2)11(6-12(14)19)18-9-3-4-16-10-5-8(15)7-17-13(9)10/h3-5,7,11-12,19H,6H2,1-2H3,(H,16,18). The molecule has 0 aliphatic heterocycles. The van der Waals surface area contributed by atoms with E-state index in [4.69, 9.17) is 0 Å². The molecule has 1 fully saturated rings. The van der Waals surface area contributed by atoms with Gasteiger partial charge in [0.15, 0.2) is 0 Å². The van der Waals surface area contributed by atoms with Crippen LogP contribution in [0.15, 0.2) is 29.0 Å². The van der Waals surface area contributed by atoms with Gasteiger partial charge in [-0.05, 0) is 34.5 Å². The number of halogens is 1. The first-order chi connectivity index (χ1) is 8.98. The molecule has 5 heteroatoms. The molecular formula is C14H16BrN3O. The number of rotatable bonds is 2. The van der Waals surface area contributed by atoms with Gasteiger partial charge in [-0.3, -0.25) is 9.97 Å². The summed E-state index contributed by atoms with van der Waals surface area (Å²) in [5.74, 6) is 0. The van der Waals surface area contributed by atoms with Crippen LogP contribution in [0.5, 0.6) is 0 Å². The molecule has 0 aromatic carbocycles. The third kappa shape index (κ3) is 2.11. The van der Waals surface area contributed by atoms with E-state index >= 15 is 0 Å². The Balaban J connectivity index is 1.94. The van der Waals surface area contributed by atoms with Gasteiger partial charge >= 0.3 is 0 Å². The molecule has 0 bridgehead atoms. The van der Waals surface area contributed by atoms with Crippen molar-refractivity contribution in [1.29, 1.82) is 0 Å². The summed E-state index contributed by atoms with van der Waals surface area (Å²) >= 11 is 3.40. The summed E-state index contributed by atoms with van der Waals surface area (Å²) in [5.41, 5.74) is 2.59. The van der Waals surface area contributed by atoms with E-state index in [0.717, 1.165) is 27.6 Å². The first-order valence-electron chi connectivity index (χ1n) is 6.33. The van der Waals surface area contributed by atoms with Gasteiger partial charge in [0.25, 0.3) is 0 Å². The van der Waals surface area contributed by atoms with Crippen LogP contribution < -0.4 is 5.32 Å². The lowest BCUT2D eigenvalue weighted by Gasteiger charge is -2.49. The first-order valence-corrected chi connectivity index (χ1v) is 7.12. The molecule has 4 nitrogen and oxygen atoms in total. The molecule has 1 aliphatic rings. The zero-order valence-electron chi connectivity index (χ0n) is 10.9. The number of nitrogens with one attached hydrogen (secondary N) is 1. The Morgan fingerprint density at radius 3 is 2.89 bits per heavy atom. The Bertz CT molecular complexity index is 629. The molecule has 0 spiro atoms. The maximum absolute atomic E-state index is 9.80. The van der Waals surface area contributed by atoms with Crippen molar-refractivity contribution in [2.24, 2.45) is 5.41 Å². The average molecular weight is 322 g/mol. The quantitative estimate of drug-likeness (QED) is 0.892. The molecule has 2 aromatic heterocycles. The lowest BCUT2D eigenvalue weighted by molar-refractivity contribution is -0.0510. The molecule has 2 heterocycles. The van der Waals surface area contributed by atoms with Crippen molar-refractivity contribution in [3.05, 3.63) is 29.0 Å². The second kappa shape index (κ2) is 4.42. The number of aromatic nitrogens is 2. The molecular weight excluding hydrogens is 306 g/mol. The van der Waals surface area contributed by atoms with E-state index in [-0.39, 0.29) is 17.6 Å². The van der Waals surface area contributed by atoms with Crippen molar-refractivity contribution >= 4 is 32.7 Å². The predicted molar refractivity (Wildman–Crippen MR) is 79.1 cm³/mol. The van der Waals surface area contributed by atoms with Crippen LogP contribution in [0, 0.1) is 5.41 Å². The van der Waals surface area contributed by atoms with E-state index in [1.165, 1.54) is 0 Å². The summed E-state index contributed by atoms with van der Waals surface area (Å²) < 4.78 is 0.920.